The van der Waals surface area contributed by atoms with Crippen LogP contribution in [0, 0.1) is 0 Å². The van der Waals surface area contributed by atoms with E-state index in [4.69, 9.17) is 9.47 Å². The predicted molar refractivity (Wildman–Crippen MR) is 102 cm³/mol. The molecule has 0 radical (unpaired) electrons. The highest BCUT2D eigenvalue weighted by Crippen LogP contribution is 2.30. The molecule has 1 saturated heterocycles. The lowest BCUT2D eigenvalue weighted by Gasteiger charge is -2.39. The van der Waals surface area contributed by atoms with Gasteiger partial charge in [0.25, 0.3) is 5.91 Å². The smallest absolute Gasteiger partial charge is 0.251 e. The molecule has 0 saturated carbocycles. The van der Waals surface area contributed by atoms with Gasteiger partial charge in [-0.1, -0.05) is 24.3 Å². The van der Waals surface area contributed by atoms with Crippen molar-refractivity contribution in [2.45, 2.75) is 12.5 Å². The molecule has 27 heavy (non-hydrogen) atoms. The molecule has 1 N–H and O–H groups in total. The lowest BCUT2D eigenvalue weighted by molar-refractivity contribution is -0.145. The molecule has 138 valence electrons. The zero-order valence-corrected chi connectivity index (χ0v) is 15.0. The molecule has 0 bridgehead atoms. The first-order chi connectivity index (χ1) is 13.2. The standard InChI is InChI=1S/C21H20N2O4/c1-26-17-7-4-6-16(12-17)22-21(25)20(23-10-9-19(23)24)15-11-14-5-2-3-8-18(14)27-13-15/h2-8,11-12,20H,9-10,13H2,1H3,(H,22,25). The van der Waals surface area contributed by atoms with Crippen LogP contribution in [0.2, 0.25) is 0 Å². The number of fused-ring (bicyclic) bond motifs is 1. The Kier molecular flexibility index (Phi) is 4.54. The number of likely N-dealkylation sites (tertiary alicyclic amines) is 1. The average Bonchev–Trinajstić information content (AvgIpc) is 2.70. The summed E-state index contributed by atoms with van der Waals surface area (Å²) < 4.78 is 11.0. The van der Waals surface area contributed by atoms with Gasteiger partial charge in [-0.2, -0.15) is 0 Å². The maximum Gasteiger partial charge on any atom is 0.251 e. The van der Waals surface area contributed by atoms with Crippen molar-refractivity contribution in [2.24, 2.45) is 0 Å². The molecule has 2 heterocycles. The predicted octanol–water partition coefficient (Wildman–Crippen LogP) is 2.71. The third-order valence-corrected chi connectivity index (χ3v) is 4.79. The second kappa shape index (κ2) is 7.15. The first kappa shape index (κ1) is 17.1. The van der Waals surface area contributed by atoms with Gasteiger partial charge in [-0.15, -0.1) is 0 Å². The highest BCUT2D eigenvalue weighted by molar-refractivity contribution is 6.01. The van der Waals surface area contributed by atoms with Crippen LogP contribution >= 0.6 is 0 Å². The van der Waals surface area contributed by atoms with Gasteiger partial charge in [-0.25, -0.2) is 0 Å². The Balaban J connectivity index is 1.63. The molecule has 2 aliphatic heterocycles. The van der Waals surface area contributed by atoms with E-state index in [1.165, 1.54) is 0 Å². The molecule has 1 unspecified atom stereocenters. The van der Waals surface area contributed by atoms with Gasteiger partial charge < -0.3 is 19.7 Å². The summed E-state index contributed by atoms with van der Waals surface area (Å²) in [6.45, 7) is 0.838. The molecule has 0 aromatic heterocycles. The van der Waals surface area contributed by atoms with Crippen molar-refractivity contribution in [1.29, 1.82) is 0 Å². The van der Waals surface area contributed by atoms with Crippen LogP contribution in [-0.2, 0) is 9.59 Å². The Morgan fingerprint density at radius 2 is 2.07 bits per heavy atom. The molecule has 2 amide bonds. The second-order valence-electron chi connectivity index (χ2n) is 6.51. The van der Waals surface area contributed by atoms with E-state index in [1.54, 1.807) is 36.3 Å². The van der Waals surface area contributed by atoms with Crippen LogP contribution in [0.3, 0.4) is 0 Å². The van der Waals surface area contributed by atoms with Gasteiger partial charge in [0.05, 0.1) is 7.11 Å². The molecule has 2 aromatic carbocycles. The summed E-state index contributed by atoms with van der Waals surface area (Å²) in [6, 6.07) is 14.1. The van der Waals surface area contributed by atoms with Crippen molar-refractivity contribution in [2.75, 3.05) is 25.6 Å². The largest absolute Gasteiger partial charge is 0.497 e. The van der Waals surface area contributed by atoms with Gasteiger partial charge in [-0.05, 0) is 29.8 Å². The number of hydrogen-bond donors (Lipinski definition) is 1. The number of anilines is 1. The maximum absolute atomic E-state index is 13.1. The van der Waals surface area contributed by atoms with E-state index in [2.05, 4.69) is 5.32 Å². The number of carbonyl (C=O) groups excluding carboxylic acids is 2. The summed E-state index contributed by atoms with van der Waals surface area (Å²) in [5.74, 6) is 1.15. The number of para-hydroxylation sites is 1. The van der Waals surface area contributed by atoms with Gasteiger partial charge in [0.2, 0.25) is 5.91 Å². The van der Waals surface area contributed by atoms with Gasteiger partial charge in [0.1, 0.15) is 24.1 Å². The molecule has 2 aliphatic rings. The van der Waals surface area contributed by atoms with Crippen molar-refractivity contribution in [3.63, 3.8) is 0 Å². The summed E-state index contributed by atoms with van der Waals surface area (Å²) in [4.78, 5) is 26.7. The number of β-lactam (4-membered cyclic amide) rings is 1. The third-order valence-electron chi connectivity index (χ3n) is 4.79. The Morgan fingerprint density at radius 1 is 1.22 bits per heavy atom. The van der Waals surface area contributed by atoms with Crippen molar-refractivity contribution in [1.82, 2.24) is 4.90 Å². The quantitative estimate of drug-likeness (QED) is 0.829. The number of nitrogens with zero attached hydrogens (tertiary/aromatic N) is 1. The molecular formula is C21H20N2O4. The molecule has 1 fully saturated rings. The van der Waals surface area contributed by atoms with Gasteiger partial charge in [-0.3, -0.25) is 9.59 Å². The van der Waals surface area contributed by atoms with Crippen LogP contribution in [0.15, 0.2) is 54.1 Å². The minimum atomic E-state index is -0.689. The summed E-state index contributed by atoms with van der Waals surface area (Å²) in [5, 5.41) is 2.90. The number of ether oxygens (including phenoxy) is 2. The number of nitrogens with one attached hydrogen (secondary N) is 1. The fourth-order valence-corrected chi connectivity index (χ4v) is 3.32. The molecule has 0 spiro atoms. The lowest BCUT2D eigenvalue weighted by atomic mass is 9.96. The number of amides is 2. The normalized spacial score (nSPS) is 16.4. The highest BCUT2D eigenvalue weighted by Gasteiger charge is 2.39. The zero-order valence-electron chi connectivity index (χ0n) is 15.0. The molecule has 4 rings (SSSR count). The summed E-state index contributed by atoms with van der Waals surface area (Å²) in [7, 11) is 1.57. The summed E-state index contributed by atoms with van der Waals surface area (Å²) in [6.07, 6.45) is 2.41. The Bertz CT molecular complexity index is 922. The number of benzene rings is 2. The number of carbonyl (C=O) groups is 2. The van der Waals surface area contributed by atoms with Crippen LogP contribution in [0.1, 0.15) is 12.0 Å². The van der Waals surface area contributed by atoms with Crippen molar-refractivity contribution < 1.29 is 19.1 Å². The van der Waals surface area contributed by atoms with Gasteiger partial charge >= 0.3 is 0 Å². The molecule has 2 aromatic rings. The maximum atomic E-state index is 13.1. The van der Waals surface area contributed by atoms with Gasteiger partial charge in [0, 0.05) is 30.3 Å². The first-order valence-corrected chi connectivity index (χ1v) is 8.82. The number of hydrogen-bond acceptors (Lipinski definition) is 4. The van der Waals surface area contributed by atoms with E-state index in [1.807, 2.05) is 30.3 Å². The van der Waals surface area contributed by atoms with E-state index in [9.17, 15) is 9.59 Å². The fraction of sp³-hybridized carbons (Fsp3) is 0.238. The third kappa shape index (κ3) is 3.38. The summed E-state index contributed by atoms with van der Waals surface area (Å²) >= 11 is 0. The SMILES string of the molecule is COc1cccc(NC(=O)C(C2=Cc3ccccc3OC2)N2CCC2=O)c1. The Morgan fingerprint density at radius 3 is 2.81 bits per heavy atom. The minimum absolute atomic E-state index is 0.0273. The van der Waals surface area contributed by atoms with Crippen LogP contribution < -0.4 is 14.8 Å². The van der Waals surface area contributed by atoms with Crippen molar-refractivity contribution in [3.8, 4) is 11.5 Å². The fourth-order valence-electron chi connectivity index (χ4n) is 3.32. The zero-order chi connectivity index (χ0) is 18.8. The molecule has 6 heteroatoms. The topological polar surface area (TPSA) is 67.9 Å². The molecule has 1 atom stereocenters. The van der Waals surface area contributed by atoms with E-state index in [-0.39, 0.29) is 18.4 Å². The molecule has 0 aliphatic carbocycles. The first-order valence-electron chi connectivity index (χ1n) is 8.82. The van der Waals surface area contributed by atoms with Gasteiger partial charge in [0.15, 0.2) is 0 Å². The second-order valence-corrected chi connectivity index (χ2v) is 6.51. The highest BCUT2D eigenvalue weighted by atomic mass is 16.5. The van der Waals surface area contributed by atoms with Crippen molar-refractivity contribution >= 4 is 23.6 Å². The van der Waals surface area contributed by atoms with Crippen LogP contribution in [0.4, 0.5) is 5.69 Å². The van der Waals surface area contributed by atoms with E-state index in [0.717, 1.165) is 16.9 Å². The van der Waals surface area contributed by atoms with Crippen LogP contribution in [0.5, 0.6) is 11.5 Å². The number of rotatable bonds is 5. The molecular weight excluding hydrogens is 344 g/mol. The van der Waals surface area contributed by atoms with E-state index in [0.29, 0.717) is 24.4 Å². The average molecular weight is 364 g/mol. The summed E-state index contributed by atoms with van der Waals surface area (Å²) in [5.41, 5.74) is 2.29. The molecule has 6 nitrogen and oxygen atoms in total. The monoisotopic (exact) mass is 364 g/mol. The van der Waals surface area contributed by atoms with E-state index >= 15 is 0 Å². The Hall–Kier alpha value is -3.28. The minimum Gasteiger partial charge on any atom is -0.497 e. The van der Waals surface area contributed by atoms with Crippen LogP contribution in [0.25, 0.3) is 6.08 Å². The number of methoxy groups -OCH3 is 1. The van der Waals surface area contributed by atoms with E-state index < -0.39 is 6.04 Å². The lowest BCUT2D eigenvalue weighted by Crippen LogP contribution is -2.56. The van der Waals surface area contributed by atoms with Crippen LogP contribution in [-0.4, -0.2) is 43.0 Å². The Labute approximate surface area is 157 Å². The van der Waals surface area contributed by atoms with Crippen molar-refractivity contribution in [3.05, 3.63) is 59.7 Å².